The van der Waals surface area contributed by atoms with Crippen LogP contribution in [0.15, 0.2) is 226 Å². The van der Waals surface area contributed by atoms with Crippen LogP contribution in [0.5, 0.6) is 5.75 Å². The fourth-order valence-electron chi connectivity index (χ4n) is 19.5. The quantitative estimate of drug-likeness (QED) is 0.0198. The van der Waals surface area contributed by atoms with E-state index in [2.05, 4.69) is 146 Å². The van der Waals surface area contributed by atoms with Gasteiger partial charge in [-0.3, -0.25) is 98.5 Å². The van der Waals surface area contributed by atoms with E-state index in [-0.39, 0.29) is 53.0 Å². The average molecular weight is 1920 g/mol. The molecule has 5 saturated heterocycles. The number of carbonyl (C=O) groups is 7. The predicted octanol–water partition coefficient (Wildman–Crippen LogP) is 18.5. The second kappa shape index (κ2) is 45.6. The van der Waals surface area contributed by atoms with Crippen LogP contribution in [0.2, 0.25) is 0 Å². The minimum Gasteiger partial charge on any atom is -0.508 e. The molecule has 728 valence electrons. The molecule has 6 aliphatic rings. The number of phenolic OH excluding ortho intramolecular Hbond substituents is 1. The van der Waals surface area contributed by atoms with E-state index in [0.717, 1.165) is 218 Å². The maximum atomic E-state index is 13.1. The van der Waals surface area contributed by atoms with E-state index in [1.165, 1.54) is 137 Å². The van der Waals surface area contributed by atoms with Crippen molar-refractivity contribution in [3.05, 3.63) is 288 Å². The number of carbonyl (C=O) groups excluding carboxylic acids is 7. The first-order valence-electron chi connectivity index (χ1n) is 49.6. The van der Waals surface area contributed by atoms with Gasteiger partial charge in [-0.25, -0.2) is 9.97 Å². The third-order valence-corrected chi connectivity index (χ3v) is 27.1. The van der Waals surface area contributed by atoms with Crippen molar-refractivity contribution in [2.45, 2.75) is 155 Å². The van der Waals surface area contributed by atoms with Gasteiger partial charge in [-0.15, -0.1) is 0 Å². The average Bonchev–Trinajstić information content (AvgIpc) is 1.66. The van der Waals surface area contributed by atoms with Gasteiger partial charge in [0.1, 0.15) is 22.8 Å². The van der Waals surface area contributed by atoms with Crippen molar-refractivity contribution in [2.75, 3.05) is 86.7 Å². The molecule has 6 amide bonds. The summed E-state index contributed by atoms with van der Waals surface area (Å²) in [5, 5.41) is 55.5. The first-order valence-corrected chi connectivity index (χ1v) is 49.6. The van der Waals surface area contributed by atoms with E-state index >= 15 is 0 Å². The van der Waals surface area contributed by atoms with E-state index in [1.807, 2.05) is 127 Å². The minimum absolute atomic E-state index is 0.0688. The molecule has 0 spiro atoms. The van der Waals surface area contributed by atoms with Crippen molar-refractivity contribution in [1.82, 2.24) is 105 Å². The molecule has 1 saturated carbocycles. The first kappa shape index (κ1) is 96.1. The molecule has 10 N–H and O–H groups in total. The minimum atomic E-state index is -0.349. The number of benzene rings is 5. The van der Waals surface area contributed by atoms with Crippen LogP contribution in [0.25, 0.3) is 88.1 Å². The number of hydrogen-bond donors (Lipinski definition) is 10. The summed E-state index contributed by atoms with van der Waals surface area (Å²) < 4.78 is 0. The normalized spacial score (nSPS) is 15.4. The second-order valence-corrected chi connectivity index (χ2v) is 37.7. The number of ketones is 1. The van der Waals surface area contributed by atoms with Crippen molar-refractivity contribution in [3.63, 3.8) is 0 Å². The van der Waals surface area contributed by atoms with Crippen molar-refractivity contribution in [2.24, 2.45) is 0 Å². The van der Waals surface area contributed by atoms with Crippen molar-refractivity contribution in [3.8, 4) is 50.3 Å². The molecular formula is C110H115N25O8. The van der Waals surface area contributed by atoms with Crippen LogP contribution in [-0.2, 0) is 26.2 Å². The summed E-state index contributed by atoms with van der Waals surface area (Å²) >= 11 is 0. The lowest BCUT2D eigenvalue weighted by Crippen LogP contribution is -2.33. The van der Waals surface area contributed by atoms with Crippen molar-refractivity contribution >= 4 is 108 Å². The Kier molecular flexibility index (Phi) is 30.6. The number of aromatic nitrogens is 15. The zero-order chi connectivity index (χ0) is 97.9. The van der Waals surface area contributed by atoms with E-state index in [9.17, 15) is 38.7 Å². The van der Waals surface area contributed by atoms with Crippen LogP contribution >= 0.6 is 0 Å². The predicted molar refractivity (Wildman–Crippen MR) is 551 cm³/mol. The largest absolute Gasteiger partial charge is 0.508 e. The number of piperidine rings is 4. The molecule has 0 radical (unpaired) electrons. The Balaban J connectivity index is 0.000000121. The summed E-state index contributed by atoms with van der Waals surface area (Å²) in [5.74, 6) is -1.58. The lowest BCUT2D eigenvalue weighted by molar-refractivity contribution is 0.0785. The Morgan fingerprint density at radius 2 is 0.594 bits per heavy atom. The van der Waals surface area contributed by atoms with E-state index < -0.39 is 0 Å². The number of H-pyrrole nitrogens is 4. The second-order valence-electron chi connectivity index (χ2n) is 37.7. The molecule has 22 rings (SSSR count). The molecule has 143 heavy (non-hydrogen) atoms. The summed E-state index contributed by atoms with van der Waals surface area (Å²) in [4.78, 5) is 131. The van der Waals surface area contributed by atoms with Crippen LogP contribution in [0.1, 0.15) is 218 Å². The number of nitrogens with zero attached hydrogens (tertiary/aromatic N) is 16. The molecule has 0 atom stereocenters. The number of nitrogens with one attached hydrogen (secondary N) is 9. The standard InChI is InChI=1S/C30H33N7O2.C29H31N7O2.C26H26N6O2.C25H25N5O2/c38-29(33-23-6-2-3-7-23)27-11-9-24(18-32-27)34-30(39)28-25-15-21(8-10-26(25)35-36-28)22-14-20(16-31-17-22)19-37-12-4-1-5-13-37;37-28(32-23-7-9-26(31-18-23)29(38)36-12-4-5-13-36)27-24-15-21(6-8-25(24)33-34-27)22-14-20(16-30-17-22)19-35-10-2-1-3-11-35;1-17(33)23-8-6-21(15-28-23)29-26(34)25-22-12-19(5-7-24(22)30-31-25)20-11-18(13-27-14-20)16-32-9-3-2-4-10-32;31-21-7-5-20(6-8-21)27-25(32)24-22-13-18(4-9-23(22)28-29-24)19-12-17(14-26-15-19)16-30-10-2-1-3-11-30/h8-11,14-18,23H,1-7,12-13,19H2,(H,33,38)(H,34,39)(H,35,36);6-9,14-18H,1-5,10-13,19H2,(H,32,37)(H,33,34);5-8,11-15H,2-4,9-10,16H2,1H3,(H,29,34)(H,30,31);4-9,12-15,31H,1-3,10-11,16H2,(H,27,32)(H,28,29). The smallest absolute Gasteiger partial charge is 0.276 e. The van der Waals surface area contributed by atoms with Gasteiger partial charge in [0.15, 0.2) is 28.6 Å². The number of Topliss-reactive ketones (excluding diaryl/α,β-unsaturated/α-hetero) is 1. The molecule has 5 aromatic carbocycles. The van der Waals surface area contributed by atoms with Crippen molar-refractivity contribution < 1.29 is 38.7 Å². The molecule has 16 aromatic rings. The summed E-state index contributed by atoms with van der Waals surface area (Å²) in [6.45, 7) is 15.7. The highest BCUT2D eigenvalue weighted by Gasteiger charge is 2.27. The molecule has 0 bridgehead atoms. The topological polar surface area (TPSA) is 421 Å². The molecule has 1 aliphatic carbocycles. The number of aromatic amines is 4. The van der Waals surface area contributed by atoms with Gasteiger partial charge in [-0.2, -0.15) is 20.4 Å². The number of phenols is 1. The van der Waals surface area contributed by atoms with Crippen LogP contribution < -0.4 is 26.6 Å². The van der Waals surface area contributed by atoms with Gasteiger partial charge in [-0.1, -0.05) is 62.8 Å². The fourth-order valence-corrected chi connectivity index (χ4v) is 19.5. The fraction of sp³-hybridized carbons (Fsp3) is 0.309. The Bertz CT molecular complexity index is 7210. The highest BCUT2D eigenvalue weighted by molar-refractivity contribution is 6.15. The Morgan fingerprint density at radius 1 is 0.301 bits per heavy atom. The van der Waals surface area contributed by atoms with Crippen LogP contribution in [-0.4, -0.2) is 218 Å². The van der Waals surface area contributed by atoms with Crippen molar-refractivity contribution in [1.29, 1.82) is 0 Å². The van der Waals surface area contributed by atoms with Gasteiger partial charge in [0.2, 0.25) is 0 Å². The van der Waals surface area contributed by atoms with Gasteiger partial charge < -0.3 is 36.6 Å². The third kappa shape index (κ3) is 24.4. The molecule has 33 nitrogen and oxygen atoms in total. The zero-order valence-corrected chi connectivity index (χ0v) is 80.0. The monoisotopic (exact) mass is 1910 g/mol. The van der Waals surface area contributed by atoms with Gasteiger partial charge >= 0.3 is 0 Å². The molecular weight excluding hydrogens is 1800 g/mol. The van der Waals surface area contributed by atoms with E-state index in [1.54, 1.807) is 48.5 Å². The number of amides is 6. The highest BCUT2D eigenvalue weighted by Crippen LogP contribution is 2.35. The van der Waals surface area contributed by atoms with Gasteiger partial charge in [-0.05, 0) is 307 Å². The number of fused-ring (bicyclic) bond motifs is 4. The molecule has 33 heteroatoms. The van der Waals surface area contributed by atoms with Gasteiger partial charge in [0, 0.05) is 151 Å². The summed E-state index contributed by atoms with van der Waals surface area (Å²) in [7, 11) is 0. The maximum Gasteiger partial charge on any atom is 0.276 e. The number of hydrogen-bond acceptors (Lipinski definition) is 23. The first-order chi connectivity index (χ1) is 70.0. The third-order valence-electron chi connectivity index (χ3n) is 27.1. The van der Waals surface area contributed by atoms with Crippen LogP contribution in [0.4, 0.5) is 22.7 Å². The molecule has 16 heterocycles. The van der Waals surface area contributed by atoms with Gasteiger partial charge in [0.05, 0.1) is 57.7 Å². The SMILES string of the molecule is CC(=O)c1ccc(NC(=O)c2n[nH]c3ccc(-c4cncc(CN5CCCCC5)c4)cc23)cn1.O=C(NC1CCCC1)c1ccc(NC(=O)c2n[nH]c3ccc(-c4cncc(CN5CCCCC5)c4)cc23)cn1.O=C(Nc1ccc(C(=O)N2CCCC2)nc1)c1n[nH]c2ccc(-c3cncc(CN4CCCCC4)c3)cc12.O=C(Nc1ccc(O)cc1)c1n[nH]c2ccc(-c3cncc(CN4CCCCC4)c3)cc12. The lowest BCUT2D eigenvalue weighted by atomic mass is 10.0. The number of rotatable bonds is 24. The summed E-state index contributed by atoms with van der Waals surface area (Å²) in [5.41, 5.74) is 20.2. The Labute approximate surface area is 826 Å². The van der Waals surface area contributed by atoms with Crippen LogP contribution in [0, 0.1) is 0 Å². The summed E-state index contributed by atoms with van der Waals surface area (Å²) in [6.07, 6.45) is 41.3. The molecule has 6 fully saturated rings. The van der Waals surface area contributed by atoms with Crippen LogP contribution in [0.3, 0.4) is 0 Å². The number of anilines is 4. The number of pyridine rings is 7. The number of aromatic hydroxyl groups is 1. The van der Waals surface area contributed by atoms with E-state index in [4.69, 9.17) is 0 Å². The lowest BCUT2D eigenvalue weighted by Gasteiger charge is -2.26. The van der Waals surface area contributed by atoms with E-state index in [0.29, 0.717) is 62.6 Å². The zero-order valence-electron chi connectivity index (χ0n) is 80.0. The molecule has 11 aromatic heterocycles. The molecule has 5 aliphatic heterocycles. The Morgan fingerprint density at radius 3 is 0.902 bits per heavy atom. The summed E-state index contributed by atoms with van der Waals surface area (Å²) in [6, 6.07) is 48.9. The number of likely N-dealkylation sites (tertiary alicyclic amines) is 5. The maximum absolute atomic E-state index is 13.1. The Hall–Kier alpha value is -15.8. The highest BCUT2D eigenvalue weighted by atomic mass is 16.3. The van der Waals surface area contributed by atoms with Gasteiger partial charge in [0.25, 0.3) is 35.4 Å². The molecule has 0 unspecified atom stereocenters.